The van der Waals surface area contributed by atoms with E-state index >= 15 is 0 Å². The number of hydrogen-bond donors (Lipinski definition) is 2. The molecule has 0 aliphatic rings. The second-order valence-electron chi connectivity index (χ2n) is 4.02. The van der Waals surface area contributed by atoms with Gasteiger partial charge in [-0.2, -0.15) is 0 Å². The minimum Gasteiger partial charge on any atom is -0.478 e. The molecule has 108 valence electrons. The monoisotopic (exact) mass is 294 g/mol. The number of anilines is 2. The first kappa shape index (κ1) is 14.4. The highest BCUT2D eigenvalue weighted by atomic mass is 19.2. The van der Waals surface area contributed by atoms with E-state index < -0.39 is 33.9 Å². The highest BCUT2D eigenvalue weighted by molar-refractivity contribution is 5.88. The normalized spacial score (nSPS) is 10.2. The third kappa shape index (κ3) is 2.94. The Balaban J connectivity index is 2.41. The van der Waals surface area contributed by atoms with Gasteiger partial charge >= 0.3 is 5.97 Å². The van der Waals surface area contributed by atoms with Crippen molar-refractivity contribution in [2.75, 3.05) is 5.32 Å². The third-order valence-corrected chi connectivity index (χ3v) is 2.67. The number of carbonyl (C=O) groups is 1. The average Bonchev–Trinajstić information content (AvgIpc) is 2.44. The Morgan fingerprint density at radius 3 is 2.29 bits per heavy atom. The minimum absolute atomic E-state index is 0.00485. The Morgan fingerprint density at radius 1 is 1.14 bits per heavy atom. The molecule has 0 saturated heterocycles. The van der Waals surface area contributed by atoms with E-state index in [1.807, 2.05) is 0 Å². The maximum absolute atomic E-state index is 13.7. The number of hydrogen-bond acceptors (Lipinski definition) is 4. The highest BCUT2D eigenvalue weighted by Gasteiger charge is 2.21. The molecule has 2 rings (SSSR count). The number of benzene rings is 2. The number of carboxylic acid groups (broad SMARTS) is 1. The van der Waals surface area contributed by atoms with E-state index in [-0.39, 0.29) is 11.3 Å². The second-order valence-corrected chi connectivity index (χ2v) is 4.02. The van der Waals surface area contributed by atoms with Crippen LogP contribution in [0.3, 0.4) is 0 Å². The van der Waals surface area contributed by atoms with Gasteiger partial charge in [-0.3, -0.25) is 10.1 Å². The molecule has 0 aliphatic heterocycles. The van der Waals surface area contributed by atoms with Crippen LogP contribution in [0, 0.1) is 21.7 Å². The fraction of sp³-hybridized carbons (Fsp3) is 0. The second kappa shape index (κ2) is 5.53. The molecule has 6 nitrogen and oxygen atoms in total. The number of nitro groups is 1. The molecule has 0 atom stereocenters. The summed E-state index contributed by atoms with van der Waals surface area (Å²) in [5.41, 5.74) is -1.07. The van der Waals surface area contributed by atoms with E-state index in [2.05, 4.69) is 5.32 Å². The fourth-order valence-corrected chi connectivity index (χ4v) is 1.65. The van der Waals surface area contributed by atoms with E-state index in [0.717, 1.165) is 6.07 Å². The first-order chi connectivity index (χ1) is 9.90. The molecule has 0 unspecified atom stereocenters. The van der Waals surface area contributed by atoms with Crippen LogP contribution in [-0.4, -0.2) is 16.0 Å². The Kier molecular flexibility index (Phi) is 3.79. The van der Waals surface area contributed by atoms with Crippen molar-refractivity contribution < 1.29 is 23.6 Å². The molecule has 2 aromatic rings. The Hall–Kier alpha value is -3.03. The Bertz CT molecular complexity index is 717. The lowest BCUT2D eigenvalue weighted by Gasteiger charge is -2.09. The van der Waals surface area contributed by atoms with E-state index in [0.29, 0.717) is 6.07 Å². The zero-order valence-electron chi connectivity index (χ0n) is 10.3. The van der Waals surface area contributed by atoms with Gasteiger partial charge in [0, 0.05) is 11.8 Å². The van der Waals surface area contributed by atoms with Crippen LogP contribution in [0.5, 0.6) is 0 Å². The minimum atomic E-state index is -1.38. The van der Waals surface area contributed by atoms with Gasteiger partial charge in [-0.05, 0) is 30.3 Å². The summed E-state index contributed by atoms with van der Waals surface area (Å²) in [6.45, 7) is 0. The molecule has 0 fully saturated rings. The van der Waals surface area contributed by atoms with Crippen LogP contribution in [0.15, 0.2) is 36.4 Å². The fourth-order valence-electron chi connectivity index (χ4n) is 1.65. The molecule has 2 N–H and O–H groups in total. The van der Waals surface area contributed by atoms with Crippen molar-refractivity contribution in [3.05, 3.63) is 63.7 Å². The Labute approximate surface area is 116 Å². The van der Waals surface area contributed by atoms with Crippen LogP contribution in [0.2, 0.25) is 0 Å². The van der Waals surface area contributed by atoms with E-state index in [4.69, 9.17) is 5.11 Å². The van der Waals surface area contributed by atoms with Crippen molar-refractivity contribution in [2.45, 2.75) is 0 Å². The van der Waals surface area contributed by atoms with Gasteiger partial charge in [-0.15, -0.1) is 0 Å². The van der Waals surface area contributed by atoms with Gasteiger partial charge in [0.1, 0.15) is 0 Å². The lowest BCUT2D eigenvalue weighted by Crippen LogP contribution is -2.02. The summed E-state index contributed by atoms with van der Waals surface area (Å²) in [7, 11) is 0. The largest absolute Gasteiger partial charge is 0.478 e. The SMILES string of the molecule is O=C(O)c1ccc(Nc2c([N+](=O)[O-])ccc(F)c2F)cc1. The van der Waals surface area contributed by atoms with Gasteiger partial charge in [0.2, 0.25) is 0 Å². The van der Waals surface area contributed by atoms with Crippen LogP contribution < -0.4 is 5.32 Å². The highest BCUT2D eigenvalue weighted by Crippen LogP contribution is 2.31. The van der Waals surface area contributed by atoms with Gasteiger partial charge < -0.3 is 10.4 Å². The number of carboxylic acids is 1. The van der Waals surface area contributed by atoms with Crippen molar-refractivity contribution in [2.24, 2.45) is 0 Å². The lowest BCUT2D eigenvalue weighted by atomic mass is 10.2. The molecule has 8 heteroatoms. The topological polar surface area (TPSA) is 92.5 Å². The van der Waals surface area contributed by atoms with Crippen molar-refractivity contribution in [1.82, 2.24) is 0 Å². The molecule has 0 spiro atoms. The van der Waals surface area contributed by atoms with Gasteiger partial charge in [0.05, 0.1) is 10.5 Å². The maximum atomic E-state index is 13.7. The molecular formula is C13H8F2N2O4. The summed E-state index contributed by atoms with van der Waals surface area (Å²) in [6.07, 6.45) is 0. The number of nitro benzene ring substituents is 1. The zero-order chi connectivity index (χ0) is 15.6. The van der Waals surface area contributed by atoms with Crippen LogP contribution in [0.4, 0.5) is 25.8 Å². The summed E-state index contributed by atoms with van der Waals surface area (Å²) in [6, 6.07) is 6.54. The van der Waals surface area contributed by atoms with Crippen LogP contribution in [0.25, 0.3) is 0 Å². The third-order valence-electron chi connectivity index (χ3n) is 2.67. The molecular weight excluding hydrogens is 286 g/mol. The van der Waals surface area contributed by atoms with Gasteiger partial charge in [0.25, 0.3) is 5.69 Å². The summed E-state index contributed by atoms with van der Waals surface area (Å²) < 4.78 is 26.9. The maximum Gasteiger partial charge on any atom is 0.335 e. The van der Waals surface area contributed by atoms with Crippen molar-refractivity contribution >= 4 is 23.0 Å². The molecule has 21 heavy (non-hydrogen) atoms. The molecule has 0 amide bonds. The Morgan fingerprint density at radius 2 is 1.76 bits per heavy atom. The molecule has 0 aromatic heterocycles. The molecule has 0 saturated carbocycles. The molecule has 0 radical (unpaired) electrons. The van der Waals surface area contributed by atoms with Gasteiger partial charge in [-0.1, -0.05) is 0 Å². The van der Waals surface area contributed by atoms with E-state index in [1.54, 1.807) is 0 Å². The molecule has 0 heterocycles. The summed E-state index contributed by atoms with van der Waals surface area (Å²) in [4.78, 5) is 20.7. The average molecular weight is 294 g/mol. The van der Waals surface area contributed by atoms with Gasteiger partial charge in [-0.25, -0.2) is 13.6 Å². The van der Waals surface area contributed by atoms with Crippen molar-refractivity contribution in [1.29, 1.82) is 0 Å². The van der Waals surface area contributed by atoms with Crippen LogP contribution in [-0.2, 0) is 0 Å². The predicted molar refractivity (Wildman–Crippen MR) is 69.7 cm³/mol. The lowest BCUT2D eigenvalue weighted by molar-refractivity contribution is -0.384. The van der Waals surface area contributed by atoms with Crippen molar-refractivity contribution in [3.63, 3.8) is 0 Å². The number of nitrogens with one attached hydrogen (secondary N) is 1. The van der Waals surface area contributed by atoms with E-state index in [9.17, 15) is 23.7 Å². The first-order valence-corrected chi connectivity index (χ1v) is 5.63. The number of rotatable bonds is 4. The number of aromatic carboxylic acids is 1. The predicted octanol–water partition coefficient (Wildman–Crippen LogP) is 3.31. The number of halogens is 2. The summed E-state index contributed by atoms with van der Waals surface area (Å²) in [5.74, 6) is -3.76. The number of nitrogens with zero attached hydrogens (tertiary/aromatic N) is 1. The zero-order valence-corrected chi connectivity index (χ0v) is 10.3. The van der Waals surface area contributed by atoms with Crippen LogP contribution in [0.1, 0.15) is 10.4 Å². The van der Waals surface area contributed by atoms with E-state index in [1.165, 1.54) is 24.3 Å². The van der Waals surface area contributed by atoms with Crippen molar-refractivity contribution in [3.8, 4) is 0 Å². The smallest absolute Gasteiger partial charge is 0.335 e. The summed E-state index contributed by atoms with van der Waals surface area (Å²) in [5, 5.41) is 21.9. The van der Waals surface area contributed by atoms with Crippen LogP contribution >= 0.6 is 0 Å². The molecule has 0 bridgehead atoms. The molecule has 0 aliphatic carbocycles. The molecule has 2 aromatic carbocycles. The quantitative estimate of drug-likeness (QED) is 0.666. The van der Waals surface area contributed by atoms with Gasteiger partial charge in [0.15, 0.2) is 17.3 Å². The standard InChI is InChI=1S/C13H8F2N2O4/c14-9-5-6-10(17(20)21)12(11(9)15)16-8-3-1-7(2-4-8)13(18)19/h1-6,16H,(H,18,19). The first-order valence-electron chi connectivity index (χ1n) is 5.63. The summed E-state index contributed by atoms with van der Waals surface area (Å²) >= 11 is 0.